The van der Waals surface area contributed by atoms with Crippen LogP contribution in [0, 0.1) is 5.41 Å². The minimum Gasteiger partial charge on any atom is -0.369 e. The zero-order valence-corrected chi connectivity index (χ0v) is 32.5. The summed E-state index contributed by atoms with van der Waals surface area (Å²) in [7, 11) is 5.32. The minimum absolute atomic E-state index is 0.0299. The third-order valence-corrected chi connectivity index (χ3v) is 12.8. The lowest BCUT2D eigenvalue weighted by atomic mass is 9.71. The third-order valence-electron chi connectivity index (χ3n) is 12.8. The second-order valence-corrected chi connectivity index (χ2v) is 16.5. The van der Waals surface area contributed by atoms with Crippen molar-refractivity contribution in [2.75, 3.05) is 50.5 Å². The molecule has 292 valence electrons. The first kappa shape index (κ1) is 36.1. The second kappa shape index (κ2) is 13.9. The van der Waals surface area contributed by atoms with Gasteiger partial charge in [0.15, 0.2) is 0 Å². The first-order valence-electron chi connectivity index (χ1n) is 19.9. The number of aryl methyl sites for hydroxylation is 1. The average Bonchev–Trinajstić information content (AvgIpc) is 3.91. The van der Waals surface area contributed by atoms with E-state index in [1.54, 1.807) is 41.4 Å². The molecule has 0 radical (unpaired) electrons. The van der Waals surface area contributed by atoms with Gasteiger partial charge in [0.1, 0.15) is 23.2 Å². The highest BCUT2D eigenvalue weighted by molar-refractivity contribution is 6.01. The quantitative estimate of drug-likeness (QED) is 0.213. The number of imide groups is 1. The van der Waals surface area contributed by atoms with Gasteiger partial charge in [-0.25, -0.2) is 14.8 Å². The molecule has 5 aromatic rings. The highest BCUT2D eigenvalue weighted by Gasteiger charge is 2.46. The van der Waals surface area contributed by atoms with Gasteiger partial charge in [0, 0.05) is 75.9 Å². The van der Waals surface area contributed by atoms with Crippen LogP contribution in [0.3, 0.4) is 0 Å². The van der Waals surface area contributed by atoms with Crippen LogP contribution < -0.4 is 21.2 Å². The zero-order chi connectivity index (χ0) is 38.9. The van der Waals surface area contributed by atoms with Crippen LogP contribution in [-0.4, -0.2) is 96.4 Å². The first-order valence-corrected chi connectivity index (χ1v) is 19.9. The largest absolute Gasteiger partial charge is 0.369 e. The Morgan fingerprint density at radius 2 is 1.75 bits per heavy atom. The van der Waals surface area contributed by atoms with E-state index in [9.17, 15) is 19.2 Å². The van der Waals surface area contributed by atoms with Gasteiger partial charge in [0.05, 0.1) is 16.7 Å². The molecule has 1 saturated carbocycles. The van der Waals surface area contributed by atoms with Crippen molar-refractivity contribution in [1.82, 2.24) is 43.8 Å². The summed E-state index contributed by atoms with van der Waals surface area (Å²) in [5.74, 6) is 0.369. The van der Waals surface area contributed by atoms with Crippen molar-refractivity contribution >= 4 is 57.2 Å². The molecule has 1 aliphatic carbocycles. The van der Waals surface area contributed by atoms with E-state index in [4.69, 9.17) is 9.97 Å². The smallest absolute Gasteiger partial charge is 0.329 e. The Morgan fingerprint density at radius 1 is 0.982 bits per heavy atom. The number of hydrogen-bond donors (Lipinski definition) is 2. The number of piperidine rings is 2. The fourth-order valence-corrected chi connectivity index (χ4v) is 9.58. The molecule has 1 spiro atoms. The first-order chi connectivity index (χ1) is 27.0. The summed E-state index contributed by atoms with van der Waals surface area (Å²) in [6.45, 7) is 6.04. The van der Waals surface area contributed by atoms with Crippen LogP contribution in [0.5, 0.6) is 0 Å². The van der Waals surface area contributed by atoms with Crippen molar-refractivity contribution in [3.8, 4) is 0 Å². The Bertz CT molecular complexity index is 2410. The number of aromatic nitrogens is 6. The number of nitrogens with zero attached hydrogens (tertiary/aromatic N) is 9. The molecule has 4 fully saturated rings. The number of benzene rings is 1. The molecule has 2 N–H and O–H groups in total. The Balaban J connectivity index is 0.843. The van der Waals surface area contributed by atoms with Gasteiger partial charge >= 0.3 is 5.69 Å². The maximum atomic E-state index is 13.5. The molecule has 9 rings (SSSR count). The van der Waals surface area contributed by atoms with Crippen molar-refractivity contribution in [1.29, 1.82) is 0 Å². The molecule has 3 amide bonds. The van der Waals surface area contributed by atoms with Gasteiger partial charge in [-0.3, -0.25) is 33.7 Å². The number of likely N-dealkylation sites (tertiary alicyclic amines) is 1. The van der Waals surface area contributed by atoms with Crippen LogP contribution in [0.1, 0.15) is 92.5 Å². The highest BCUT2D eigenvalue weighted by atomic mass is 16.2. The van der Waals surface area contributed by atoms with E-state index in [2.05, 4.69) is 49.0 Å². The van der Waals surface area contributed by atoms with Crippen molar-refractivity contribution in [2.45, 2.75) is 76.4 Å². The Labute approximate surface area is 324 Å². The number of amides is 3. The Kier molecular flexibility index (Phi) is 8.94. The fraction of sp³-hybridized carbons (Fsp3) is 0.488. The molecule has 1 unspecified atom stereocenters. The third kappa shape index (κ3) is 6.12. The molecule has 15 nitrogen and oxygen atoms in total. The molecular formula is C41H49N11O4. The number of fused-ring (bicyclic) bond motifs is 2. The van der Waals surface area contributed by atoms with E-state index in [1.807, 2.05) is 30.5 Å². The summed E-state index contributed by atoms with van der Waals surface area (Å²) < 4.78 is 5.32. The molecule has 0 bridgehead atoms. The number of nitrogens with one attached hydrogen (secondary N) is 2. The number of para-hydroxylation sites is 1. The van der Waals surface area contributed by atoms with Crippen LogP contribution >= 0.6 is 0 Å². The van der Waals surface area contributed by atoms with Gasteiger partial charge in [-0.15, -0.1) is 0 Å². The van der Waals surface area contributed by atoms with Crippen LogP contribution in [0.2, 0.25) is 0 Å². The topological polar surface area (TPSA) is 156 Å². The summed E-state index contributed by atoms with van der Waals surface area (Å²) in [5.41, 5.74) is 5.10. The number of rotatable bonds is 8. The summed E-state index contributed by atoms with van der Waals surface area (Å²) in [5, 5.41) is 6.55. The number of carbonyl (C=O) groups is 3. The maximum absolute atomic E-state index is 13.5. The summed E-state index contributed by atoms with van der Waals surface area (Å²) in [6, 6.07) is 11.7. The zero-order valence-electron chi connectivity index (χ0n) is 32.5. The summed E-state index contributed by atoms with van der Waals surface area (Å²) in [4.78, 5) is 71.8. The van der Waals surface area contributed by atoms with Gasteiger partial charge in [-0.1, -0.05) is 25.0 Å². The number of carbonyl (C=O) groups excluding carboxylic acids is 3. The number of anilines is 3. The van der Waals surface area contributed by atoms with Gasteiger partial charge in [0.25, 0.3) is 5.91 Å². The minimum atomic E-state index is -0.699. The monoisotopic (exact) mass is 759 g/mol. The van der Waals surface area contributed by atoms with Crippen LogP contribution in [-0.2, 0) is 16.6 Å². The lowest BCUT2D eigenvalue weighted by Crippen LogP contribution is -2.60. The van der Waals surface area contributed by atoms with Crippen molar-refractivity contribution < 1.29 is 14.4 Å². The number of imidazole rings is 1. The van der Waals surface area contributed by atoms with E-state index in [-0.39, 0.29) is 41.4 Å². The fourth-order valence-electron chi connectivity index (χ4n) is 9.58. The van der Waals surface area contributed by atoms with E-state index < -0.39 is 11.9 Å². The normalized spacial score (nSPS) is 20.8. The average molecular weight is 760 g/mol. The van der Waals surface area contributed by atoms with Crippen LogP contribution in [0.25, 0.3) is 22.1 Å². The van der Waals surface area contributed by atoms with E-state index in [0.29, 0.717) is 23.9 Å². The maximum Gasteiger partial charge on any atom is 0.329 e. The Morgan fingerprint density at radius 3 is 2.45 bits per heavy atom. The van der Waals surface area contributed by atoms with Crippen molar-refractivity contribution in [3.05, 3.63) is 70.5 Å². The lowest BCUT2D eigenvalue weighted by Gasteiger charge is -2.55. The van der Waals surface area contributed by atoms with Crippen molar-refractivity contribution in [3.63, 3.8) is 0 Å². The Hall–Kier alpha value is -5.57. The number of hydrogen-bond acceptors (Lipinski definition) is 10. The molecule has 56 heavy (non-hydrogen) atoms. The van der Waals surface area contributed by atoms with Gasteiger partial charge in [0.2, 0.25) is 17.8 Å². The molecule has 4 aromatic heterocycles. The molecular weight excluding hydrogens is 711 g/mol. The molecule has 15 heteroatoms. The van der Waals surface area contributed by atoms with Crippen LogP contribution in [0.4, 0.5) is 17.5 Å². The predicted molar refractivity (Wildman–Crippen MR) is 213 cm³/mol. The molecule has 2 atom stereocenters. The molecule has 7 heterocycles. The summed E-state index contributed by atoms with van der Waals surface area (Å²) in [6.07, 6.45) is 10.8. The van der Waals surface area contributed by atoms with Gasteiger partial charge < -0.3 is 19.7 Å². The predicted octanol–water partition coefficient (Wildman–Crippen LogP) is 4.68. The number of pyridine rings is 1. The van der Waals surface area contributed by atoms with Gasteiger partial charge in [-0.05, 0) is 81.9 Å². The lowest BCUT2D eigenvalue weighted by molar-refractivity contribution is -0.135. The SMILES string of the molecule is CC(c1ccc(Nc2ncc3cc(C(=O)N(C)C)n(C4CCCC4)c3n2)nc1)N1CCC2(CC1)CN(c1cccc3c1n(C)c(=O)n3[C@@H]1CCC(=O)NC1=O)C2. The second-order valence-electron chi connectivity index (χ2n) is 16.5. The molecule has 1 aromatic carbocycles. The van der Waals surface area contributed by atoms with E-state index >= 15 is 0 Å². The van der Waals surface area contributed by atoms with E-state index in [0.717, 1.165) is 98.0 Å². The van der Waals surface area contributed by atoms with Crippen LogP contribution in [0.15, 0.2) is 53.6 Å². The summed E-state index contributed by atoms with van der Waals surface area (Å²) >= 11 is 0. The standard InChI is InChI=1S/C41H49N11O4/c1-25(26-12-14-33(42-21-26)44-39-43-22-27-20-32(38(55)47(2)3)51(36(27)46-39)28-8-5-6-9-28)49-18-16-41(17-19-49)23-50(24-41)29-10-7-11-30-35(29)48(4)40(56)52(30)31-13-15-34(53)45-37(31)54/h7,10-12,14,20-22,25,28,31H,5-6,8-9,13,15-19,23-24H2,1-4H3,(H,45,53,54)(H,42,43,44,46)/t25?,31-/m1/s1. The van der Waals surface area contributed by atoms with E-state index in [1.165, 1.54) is 0 Å². The highest BCUT2D eigenvalue weighted by Crippen LogP contribution is 2.45. The van der Waals surface area contributed by atoms with Gasteiger partial charge in [-0.2, -0.15) is 4.98 Å². The molecule has 3 aliphatic heterocycles. The van der Waals surface area contributed by atoms with Crippen molar-refractivity contribution in [2.24, 2.45) is 12.5 Å². The molecule has 3 saturated heterocycles. The molecule has 4 aliphatic rings.